The third kappa shape index (κ3) is 1.92. The molecule has 0 radical (unpaired) electrons. The quantitative estimate of drug-likeness (QED) is 0.812. The molecule has 2 N–H and O–H groups in total. The molecule has 2 rings (SSSR count). The largest absolute Gasteiger partial charge is 0.493 e. The van der Waals surface area contributed by atoms with E-state index in [2.05, 4.69) is 6.07 Å². The van der Waals surface area contributed by atoms with Crippen LogP contribution in [0, 0.1) is 11.3 Å². The number of hydrogen-bond acceptors (Lipinski definition) is 4. The molecule has 16 heavy (non-hydrogen) atoms. The summed E-state index contributed by atoms with van der Waals surface area (Å²) in [6.45, 7) is 0.569. The molecule has 1 atom stereocenters. The Morgan fingerprint density at radius 2 is 2.31 bits per heavy atom. The number of benzene rings is 1. The van der Waals surface area contributed by atoms with E-state index in [4.69, 9.17) is 20.5 Å². The lowest BCUT2D eigenvalue weighted by molar-refractivity contribution is 0.252. The number of nitrogens with zero attached hydrogens (tertiary/aromatic N) is 1. The zero-order chi connectivity index (χ0) is 10.8. The minimum absolute atomic E-state index is 0. The van der Waals surface area contributed by atoms with Crippen LogP contribution in [0.1, 0.15) is 23.6 Å². The number of halogens is 1. The monoisotopic (exact) mass is 240 g/mol. The van der Waals surface area contributed by atoms with E-state index in [1.165, 1.54) is 0 Å². The molecule has 1 aliphatic heterocycles. The molecule has 0 bridgehead atoms. The van der Waals surface area contributed by atoms with E-state index in [1.807, 2.05) is 0 Å². The van der Waals surface area contributed by atoms with Gasteiger partial charge in [0.1, 0.15) is 0 Å². The highest BCUT2D eigenvalue weighted by atomic mass is 35.5. The maximum absolute atomic E-state index is 8.97. The summed E-state index contributed by atoms with van der Waals surface area (Å²) in [5, 5.41) is 8.97. The molecule has 1 aromatic rings. The second kappa shape index (κ2) is 5.06. The van der Waals surface area contributed by atoms with Gasteiger partial charge in [-0.05, 0) is 12.1 Å². The Morgan fingerprint density at radius 1 is 1.56 bits per heavy atom. The summed E-state index contributed by atoms with van der Waals surface area (Å²) in [5.74, 6) is 1.26. The normalized spacial score (nSPS) is 17.4. The van der Waals surface area contributed by atoms with Gasteiger partial charge >= 0.3 is 0 Å². The molecule has 0 aromatic heterocycles. The van der Waals surface area contributed by atoms with Gasteiger partial charge in [0.2, 0.25) is 0 Å². The predicted octanol–water partition coefficient (Wildman–Crippen LogP) is 1.77. The topological polar surface area (TPSA) is 68.3 Å². The average molecular weight is 241 g/mol. The summed E-state index contributed by atoms with van der Waals surface area (Å²) in [7, 11) is 1.57. The molecule has 0 amide bonds. The third-order valence-corrected chi connectivity index (χ3v) is 2.55. The molecule has 0 fully saturated rings. The van der Waals surface area contributed by atoms with Crippen molar-refractivity contribution in [3.8, 4) is 17.6 Å². The van der Waals surface area contributed by atoms with E-state index in [0.717, 1.165) is 12.0 Å². The smallest absolute Gasteiger partial charge is 0.167 e. The van der Waals surface area contributed by atoms with E-state index in [0.29, 0.717) is 23.7 Å². The second-order valence-electron chi connectivity index (χ2n) is 3.41. The van der Waals surface area contributed by atoms with Gasteiger partial charge < -0.3 is 15.2 Å². The summed E-state index contributed by atoms with van der Waals surface area (Å²) in [5.41, 5.74) is 7.29. The second-order valence-corrected chi connectivity index (χ2v) is 3.41. The zero-order valence-corrected chi connectivity index (χ0v) is 9.71. The van der Waals surface area contributed by atoms with Crippen molar-refractivity contribution in [2.75, 3.05) is 13.7 Å². The summed E-state index contributed by atoms with van der Waals surface area (Å²) in [6, 6.07) is 5.43. The lowest BCUT2D eigenvalue weighted by atomic mass is 9.96. The maximum Gasteiger partial charge on any atom is 0.167 e. The van der Waals surface area contributed by atoms with Crippen LogP contribution >= 0.6 is 12.4 Å². The van der Waals surface area contributed by atoms with E-state index in [9.17, 15) is 0 Å². The summed E-state index contributed by atoms with van der Waals surface area (Å²) in [4.78, 5) is 0. The van der Waals surface area contributed by atoms with Crippen molar-refractivity contribution < 1.29 is 9.47 Å². The van der Waals surface area contributed by atoms with Crippen LogP contribution in [0.2, 0.25) is 0 Å². The van der Waals surface area contributed by atoms with Crippen LogP contribution in [-0.2, 0) is 0 Å². The van der Waals surface area contributed by atoms with Crippen LogP contribution in [0.3, 0.4) is 0 Å². The lowest BCUT2D eigenvalue weighted by Gasteiger charge is -2.25. The Kier molecular flexibility index (Phi) is 3.99. The fourth-order valence-electron chi connectivity index (χ4n) is 1.79. The predicted molar refractivity (Wildman–Crippen MR) is 62.0 cm³/mol. The van der Waals surface area contributed by atoms with Crippen LogP contribution in [-0.4, -0.2) is 13.7 Å². The van der Waals surface area contributed by atoms with Crippen molar-refractivity contribution in [1.29, 1.82) is 5.26 Å². The maximum atomic E-state index is 8.97. The molecule has 1 aromatic carbocycles. The highest BCUT2D eigenvalue weighted by Crippen LogP contribution is 2.40. The highest BCUT2D eigenvalue weighted by Gasteiger charge is 2.24. The van der Waals surface area contributed by atoms with E-state index in [-0.39, 0.29) is 18.4 Å². The third-order valence-electron chi connectivity index (χ3n) is 2.55. The number of rotatable bonds is 1. The average Bonchev–Trinajstić information content (AvgIpc) is 2.28. The highest BCUT2D eigenvalue weighted by molar-refractivity contribution is 5.85. The molecule has 86 valence electrons. The van der Waals surface area contributed by atoms with Crippen LogP contribution < -0.4 is 15.2 Å². The van der Waals surface area contributed by atoms with Crippen LogP contribution in [0.5, 0.6) is 11.5 Å². The van der Waals surface area contributed by atoms with Gasteiger partial charge in [0.05, 0.1) is 25.3 Å². The van der Waals surface area contributed by atoms with Crippen molar-refractivity contribution in [2.24, 2.45) is 5.73 Å². The van der Waals surface area contributed by atoms with Gasteiger partial charge in [0, 0.05) is 18.0 Å². The first-order valence-corrected chi connectivity index (χ1v) is 4.77. The van der Waals surface area contributed by atoms with Crippen LogP contribution in [0.15, 0.2) is 12.1 Å². The van der Waals surface area contributed by atoms with Gasteiger partial charge in [-0.2, -0.15) is 5.26 Å². The molecule has 1 aliphatic rings. The molecule has 1 heterocycles. The van der Waals surface area contributed by atoms with Crippen LogP contribution in [0.4, 0.5) is 0 Å². The van der Waals surface area contributed by atoms with Gasteiger partial charge in [0.25, 0.3) is 0 Å². The van der Waals surface area contributed by atoms with Gasteiger partial charge in [-0.15, -0.1) is 12.4 Å². The number of nitriles is 1. The number of methoxy groups -OCH3 is 1. The molecule has 0 spiro atoms. The molecule has 0 saturated carbocycles. The Labute approximate surface area is 100 Å². The van der Waals surface area contributed by atoms with Crippen molar-refractivity contribution >= 4 is 12.4 Å². The molecule has 0 saturated heterocycles. The number of hydrogen-bond donors (Lipinski definition) is 1. The zero-order valence-electron chi connectivity index (χ0n) is 8.90. The number of ether oxygens (including phenoxy) is 2. The Balaban J connectivity index is 0.00000128. The Bertz CT molecular complexity index is 429. The first-order chi connectivity index (χ1) is 7.27. The minimum Gasteiger partial charge on any atom is -0.493 e. The van der Waals surface area contributed by atoms with Crippen molar-refractivity contribution in [3.63, 3.8) is 0 Å². The fraction of sp³-hybridized carbons (Fsp3) is 0.364. The summed E-state index contributed by atoms with van der Waals surface area (Å²) < 4.78 is 10.7. The standard InChI is InChI=1S/C11H12N2O2.ClH/c1-14-9-3-2-7(6-12)10-8(13)4-5-15-11(9)10;/h2-3,8H,4-5,13H2,1H3;1H/t8-;/m0./s1. The lowest BCUT2D eigenvalue weighted by Crippen LogP contribution is -2.22. The Morgan fingerprint density at radius 3 is 2.94 bits per heavy atom. The van der Waals surface area contributed by atoms with Crippen molar-refractivity contribution in [3.05, 3.63) is 23.3 Å². The van der Waals surface area contributed by atoms with E-state index >= 15 is 0 Å². The summed E-state index contributed by atoms with van der Waals surface area (Å²) in [6.07, 6.45) is 0.731. The first kappa shape index (κ1) is 12.6. The first-order valence-electron chi connectivity index (χ1n) is 4.77. The van der Waals surface area contributed by atoms with Gasteiger partial charge in [-0.1, -0.05) is 0 Å². The molecule has 0 aliphatic carbocycles. The van der Waals surface area contributed by atoms with Gasteiger partial charge in [0.15, 0.2) is 11.5 Å². The molecule has 4 nitrogen and oxygen atoms in total. The van der Waals surface area contributed by atoms with E-state index in [1.54, 1.807) is 19.2 Å². The molecule has 0 unspecified atom stereocenters. The van der Waals surface area contributed by atoms with Crippen molar-refractivity contribution in [1.82, 2.24) is 0 Å². The minimum atomic E-state index is -0.140. The van der Waals surface area contributed by atoms with E-state index < -0.39 is 0 Å². The number of nitrogens with two attached hydrogens (primary N) is 1. The molecular weight excluding hydrogens is 228 g/mol. The summed E-state index contributed by atoms with van der Waals surface area (Å²) >= 11 is 0. The van der Waals surface area contributed by atoms with Crippen molar-refractivity contribution in [2.45, 2.75) is 12.5 Å². The molecule has 5 heteroatoms. The number of fused-ring (bicyclic) bond motifs is 1. The van der Waals surface area contributed by atoms with Gasteiger partial charge in [-0.25, -0.2) is 0 Å². The SMILES string of the molecule is COc1ccc(C#N)c2c1OCC[C@@H]2N.Cl. The fourth-order valence-corrected chi connectivity index (χ4v) is 1.79. The van der Waals surface area contributed by atoms with Crippen LogP contribution in [0.25, 0.3) is 0 Å². The molecular formula is C11H13ClN2O2. The van der Waals surface area contributed by atoms with Gasteiger partial charge in [-0.3, -0.25) is 0 Å². The Hall–Kier alpha value is -1.44.